The maximum Gasteiger partial charge on any atom is 0.344 e. The van der Waals surface area contributed by atoms with Crippen molar-refractivity contribution in [2.24, 2.45) is 0 Å². The minimum atomic E-state index is -0.475. The number of carbonyl (C=O) groups is 2. The van der Waals surface area contributed by atoms with Crippen LogP contribution in [0.25, 0.3) is 11.0 Å². The Labute approximate surface area is 154 Å². The molecule has 3 aromatic rings. The molecule has 0 fully saturated rings. The number of benzene rings is 2. The molecule has 1 N–H and O–H groups in total. The van der Waals surface area contributed by atoms with Crippen molar-refractivity contribution in [1.29, 1.82) is 0 Å². The Balaban J connectivity index is 1.74. The second-order valence-corrected chi connectivity index (χ2v) is 5.77. The summed E-state index contributed by atoms with van der Waals surface area (Å²) in [6.45, 7) is 3.46. The number of carbonyl (C=O) groups excluding carboxylic acids is 2. The lowest BCUT2D eigenvalue weighted by Gasteiger charge is -2.08. The first-order chi connectivity index (χ1) is 13.0. The molecule has 1 aromatic heterocycles. The van der Waals surface area contributed by atoms with E-state index >= 15 is 0 Å². The third-order valence-corrected chi connectivity index (χ3v) is 3.86. The van der Waals surface area contributed by atoms with Gasteiger partial charge in [-0.2, -0.15) is 0 Å². The molecular formula is C20H18FNO5. The normalized spacial score (nSPS) is 10.6. The summed E-state index contributed by atoms with van der Waals surface area (Å²) in [4.78, 5) is 23.9. The number of esters is 1. The Morgan fingerprint density at radius 3 is 2.78 bits per heavy atom. The molecule has 0 atom stereocenters. The average molecular weight is 371 g/mol. The minimum absolute atomic E-state index is 0.105. The lowest BCUT2D eigenvalue weighted by molar-refractivity contribution is -0.145. The molecule has 0 saturated heterocycles. The highest BCUT2D eigenvalue weighted by Gasteiger charge is 2.18. The van der Waals surface area contributed by atoms with Crippen LogP contribution in [0.15, 0.2) is 46.9 Å². The first kappa shape index (κ1) is 18.4. The van der Waals surface area contributed by atoms with Crippen LogP contribution in [-0.2, 0) is 9.53 Å². The molecule has 7 heteroatoms. The highest BCUT2D eigenvalue weighted by atomic mass is 19.1. The van der Waals surface area contributed by atoms with Crippen LogP contribution < -0.4 is 10.1 Å². The van der Waals surface area contributed by atoms with Crippen LogP contribution in [0.4, 0.5) is 10.1 Å². The smallest absolute Gasteiger partial charge is 0.344 e. The predicted octanol–water partition coefficient (Wildman–Crippen LogP) is 4.07. The summed E-state index contributed by atoms with van der Waals surface area (Å²) in [7, 11) is 0. The number of halogens is 1. The van der Waals surface area contributed by atoms with Gasteiger partial charge < -0.3 is 19.2 Å². The topological polar surface area (TPSA) is 77.8 Å². The van der Waals surface area contributed by atoms with Crippen molar-refractivity contribution in [1.82, 2.24) is 0 Å². The number of nitrogens with one attached hydrogen (secondary N) is 1. The molecular weight excluding hydrogens is 353 g/mol. The summed E-state index contributed by atoms with van der Waals surface area (Å²) < 4.78 is 29.1. The molecule has 0 bridgehead atoms. The van der Waals surface area contributed by atoms with Gasteiger partial charge in [0.2, 0.25) is 0 Å². The van der Waals surface area contributed by atoms with Crippen LogP contribution in [0.5, 0.6) is 5.75 Å². The Morgan fingerprint density at radius 2 is 2.00 bits per heavy atom. The van der Waals surface area contributed by atoms with Crippen molar-refractivity contribution in [3.05, 3.63) is 59.6 Å². The molecule has 0 radical (unpaired) electrons. The van der Waals surface area contributed by atoms with Gasteiger partial charge in [-0.1, -0.05) is 6.07 Å². The second kappa shape index (κ2) is 7.90. The van der Waals surface area contributed by atoms with Crippen LogP contribution in [-0.4, -0.2) is 25.1 Å². The average Bonchev–Trinajstić information content (AvgIpc) is 2.97. The molecule has 6 nitrogen and oxygen atoms in total. The minimum Gasteiger partial charge on any atom is -0.482 e. The van der Waals surface area contributed by atoms with E-state index < -0.39 is 17.7 Å². The lowest BCUT2D eigenvalue weighted by atomic mass is 10.1. The highest BCUT2D eigenvalue weighted by Crippen LogP contribution is 2.27. The van der Waals surface area contributed by atoms with Crippen molar-refractivity contribution in [2.75, 3.05) is 18.5 Å². The number of anilines is 1. The van der Waals surface area contributed by atoms with Gasteiger partial charge in [-0.25, -0.2) is 9.18 Å². The zero-order chi connectivity index (χ0) is 19.4. The van der Waals surface area contributed by atoms with Crippen molar-refractivity contribution in [3.8, 4) is 5.75 Å². The Bertz CT molecular complexity index is 995. The van der Waals surface area contributed by atoms with E-state index in [2.05, 4.69) is 5.32 Å². The largest absolute Gasteiger partial charge is 0.482 e. The number of ether oxygens (including phenoxy) is 2. The molecule has 1 amide bonds. The van der Waals surface area contributed by atoms with Gasteiger partial charge in [0.05, 0.1) is 6.61 Å². The molecule has 0 unspecified atom stereocenters. The van der Waals surface area contributed by atoms with E-state index in [9.17, 15) is 14.0 Å². The molecule has 0 aliphatic rings. The summed E-state index contributed by atoms with van der Waals surface area (Å²) in [5.74, 6) is -0.828. The quantitative estimate of drug-likeness (QED) is 0.661. The molecule has 2 aromatic carbocycles. The monoisotopic (exact) mass is 371 g/mol. The number of fused-ring (bicyclic) bond motifs is 1. The van der Waals surface area contributed by atoms with Gasteiger partial charge in [0.1, 0.15) is 17.1 Å². The Kier molecular flexibility index (Phi) is 5.40. The lowest BCUT2D eigenvalue weighted by Crippen LogP contribution is -2.15. The van der Waals surface area contributed by atoms with E-state index in [1.165, 1.54) is 18.2 Å². The van der Waals surface area contributed by atoms with E-state index in [0.717, 1.165) is 0 Å². The van der Waals surface area contributed by atoms with Crippen LogP contribution in [0, 0.1) is 12.7 Å². The zero-order valence-corrected chi connectivity index (χ0v) is 14.9. The van der Waals surface area contributed by atoms with E-state index in [1.54, 1.807) is 38.1 Å². The number of aryl methyl sites for hydroxylation is 1. The van der Waals surface area contributed by atoms with E-state index in [4.69, 9.17) is 13.9 Å². The van der Waals surface area contributed by atoms with Gasteiger partial charge in [-0.05, 0) is 44.2 Å². The highest BCUT2D eigenvalue weighted by molar-refractivity contribution is 6.06. The Hall–Kier alpha value is -3.35. The van der Waals surface area contributed by atoms with E-state index in [1.807, 2.05) is 0 Å². The standard InChI is InChI=1S/C20H18FNO5/c1-3-25-18(23)11-26-15-6-4-5-14(10-15)22-20(24)19-12(2)16-9-13(21)7-8-17(16)27-19/h4-10H,3,11H2,1-2H3,(H,22,24). The van der Waals surface area contributed by atoms with E-state index in [-0.39, 0.29) is 19.0 Å². The molecule has 0 saturated carbocycles. The van der Waals surface area contributed by atoms with Crippen LogP contribution >= 0.6 is 0 Å². The molecule has 0 aliphatic carbocycles. The van der Waals surface area contributed by atoms with Crippen molar-refractivity contribution in [3.63, 3.8) is 0 Å². The van der Waals surface area contributed by atoms with E-state index in [0.29, 0.717) is 28.0 Å². The summed E-state index contributed by atoms with van der Waals surface area (Å²) in [6.07, 6.45) is 0. The van der Waals surface area contributed by atoms with Gasteiger partial charge in [0, 0.05) is 22.7 Å². The van der Waals surface area contributed by atoms with Crippen LogP contribution in [0.2, 0.25) is 0 Å². The zero-order valence-electron chi connectivity index (χ0n) is 14.9. The maximum atomic E-state index is 13.4. The van der Waals surface area contributed by atoms with Crippen molar-refractivity contribution in [2.45, 2.75) is 13.8 Å². The van der Waals surface area contributed by atoms with Crippen LogP contribution in [0.1, 0.15) is 23.0 Å². The van der Waals surface area contributed by atoms with Gasteiger partial charge in [-0.3, -0.25) is 4.79 Å². The number of rotatable bonds is 6. The van der Waals surface area contributed by atoms with Crippen LogP contribution in [0.3, 0.4) is 0 Å². The third kappa shape index (κ3) is 4.25. The Morgan fingerprint density at radius 1 is 1.19 bits per heavy atom. The fourth-order valence-electron chi connectivity index (χ4n) is 2.61. The molecule has 0 spiro atoms. The number of furan rings is 1. The fraction of sp³-hybridized carbons (Fsp3) is 0.200. The van der Waals surface area contributed by atoms with Gasteiger partial charge in [0.25, 0.3) is 5.91 Å². The first-order valence-corrected chi connectivity index (χ1v) is 8.36. The van der Waals surface area contributed by atoms with Gasteiger partial charge >= 0.3 is 5.97 Å². The van der Waals surface area contributed by atoms with Crippen molar-refractivity contribution < 1.29 is 27.9 Å². The number of hydrogen-bond donors (Lipinski definition) is 1. The SMILES string of the molecule is CCOC(=O)COc1cccc(NC(=O)c2oc3ccc(F)cc3c2C)c1. The maximum absolute atomic E-state index is 13.4. The summed E-state index contributed by atoms with van der Waals surface area (Å²) in [5.41, 5.74) is 1.45. The summed E-state index contributed by atoms with van der Waals surface area (Å²) in [5, 5.41) is 3.25. The number of amides is 1. The molecule has 1 heterocycles. The predicted molar refractivity (Wildman–Crippen MR) is 97.4 cm³/mol. The van der Waals surface area contributed by atoms with Gasteiger partial charge in [0.15, 0.2) is 12.4 Å². The molecule has 27 heavy (non-hydrogen) atoms. The fourth-order valence-corrected chi connectivity index (χ4v) is 2.61. The molecule has 3 rings (SSSR count). The summed E-state index contributed by atoms with van der Waals surface area (Å²) in [6, 6.07) is 10.7. The number of hydrogen-bond acceptors (Lipinski definition) is 5. The molecule has 0 aliphatic heterocycles. The third-order valence-electron chi connectivity index (χ3n) is 3.86. The molecule has 140 valence electrons. The summed E-state index contributed by atoms with van der Waals surface area (Å²) >= 11 is 0. The van der Waals surface area contributed by atoms with Gasteiger partial charge in [-0.15, -0.1) is 0 Å². The first-order valence-electron chi connectivity index (χ1n) is 8.36. The second-order valence-electron chi connectivity index (χ2n) is 5.77. The van der Waals surface area contributed by atoms with Crippen molar-refractivity contribution >= 4 is 28.5 Å².